The molecule has 4 N–H and O–H groups in total. The van der Waals surface area contributed by atoms with Crippen molar-refractivity contribution in [2.24, 2.45) is 0 Å². The molecule has 0 saturated carbocycles. The van der Waals surface area contributed by atoms with Crippen LogP contribution in [0.3, 0.4) is 0 Å². The number of aromatic hydroxyl groups is 1. The maximum absolute atomic E-state index is 12.3. The van der Waals surface area contributed by atoms with Gasteiger partial charge in [-0.3, -0.25) is 34.8 Å². The summed E-state index contributed by atoms with van der Waals surface area (Å²) in [6, 6.07) is 5.78. The first kappa shape index (κ1) is 29.3. The van der Waals surface area contributed by atoms with Crippen molar-refractivity contribution in [1.29, 1.82) is 0 Å². The highest BCUT2D eigenvalue weighted by Crippen LogP contribution is 2.28. The molecule has 0 aliphatic carbocycles. The van der Waals surface area contributed by atoms with E-state index in [1.54, 1.807) is 6.07 Å². The maximum atomic E-state index is 12.3. The van der Waals surface area contributed by atoms with Crippen LogP contribution in [0.2, 0.25) is 0 Å². The molecule has 2 rings (SSSR count). The second kappa shape index (κ2) is 13.4. The first-order chi connectivity index (χ1) is 17.4. The van der Waals surface area contributed by atoms with Crippen LogP contribution in [0, 0.1) is 0 Å². The number of hydrazine groups is 1. The van der Waals surface area contributed by atoms with E-state index < -0.39 is 67.0 Å². The average molecular weight is 542 g/mol. The molecule has 202 valence electrons. The number of thiocarbonyl (C=S) groups is 1. The number of rotatable bonds is 7. The van der Waals surface area contributed by atoms with Crippen LogP contribution in [-0.2, 0) is 42.9 Å². The molecular formula is C22H27N3O11S. The third-order valence-electron chi connectivity index (χ3n) is 4.70. The lowest BCUT2D eigenvalue weighted by Crippen LogP contribution is -2.67. The standard InChI is InChI=1S/C22H27N3O11S/c1-10(26)32-9-16-17(33-11(2)27)18(34-12(3)28)19(35-13(4)29)21(36-16)23-22(37)25-24-20(31)14-7-5-6-8-15(14)30/h5-8,16-19,21,30H,9H2,1-4H3,(H,24,31)(H2,23,25,37)/t16?,17-,18?,19?,21-/m0/s1. The second-order valence-electron chi connectivity index (χ2n) is 7.69. The zero-order chi connectivity index (χ0) is 27.7. The summed E-state index contributed by atoms with van der Waals surface area (Å²) in [4.78, 5) is 59.2. The van der Waals surface area contributed by atoms with Crippen LogP contribution in [0.15, 0.2) is 24.3 Å². The van der Waals surface area contributed by atoms with Crippen molar-refractivity contribution in [3.05, 3.63) is 29.8 Å². The van der Waals surface area contributed by atoms with Gasteiger partial charge in [0.1, 0.15) is 18.5 Å². The summed E-state index contributed by atoms with van der Waals surface area (Å²) in [6.45, 7) is 4.02. The summed E-state index contributed by atoms with van der Waals surface area (Å²) >= 11 is 5.17. The van der Waals surface area contributed by atoms with Crippen LogP contribution in [0.5, 0.6) is 5.75 Å². The van der Waals surface area contributed by atoms with Gasteiger partial charge in [-0.2, -0.15) is 0 Å². The Bertz CT molecular complexity index is 1050. The minimum absolute atomic E-state index is 0.0369. The van der Waals surface area contributed by atoms with Crippen molar-refractivity contribution in [3.8, 4) is 5.75 Å². The van der Waals surface area contributed by atoms with Gasteiger partial charge >= 0.3 is 23.9 Å². The van der Waals surface area contributed by atoms with E-state index in [1.165, 1.54) is 18.2 Å². The third kappa shape index (κ3) is 8.88. The van der Waals surface area contributed by atoms with Crippen LogP contribution in [-0.4, -0.2) is 77.3 Å². The quantitative estimate of drug-likeness (QED) is 0.151. The molecule has 0 aromatic heterocycles. The van der Waals surface area contributed by atoms with Crippen molar-refractivity contribution in [2.45, 2.75) is 58.3 Å². The SMILES string of the molecule is CC(=O)OCC1O[C@H](NC(=S)NNC(=O)c2ccccc2O)C(OC(C)=O)C(OC(C)=O)[C@H]1OC(C)=O. The van der Waals surface area contributed by atoms with Gasteiger partial charge in [0.15, 0.2) is 29.7 Å². The van der Waals surface area contributed by atoms with Gasteiger partial charge in [-0.15, -0.1) is 0 Å². The van der Waals surface area contributed by atoms with Crippen molar-refractivity contribution in [1.82, 2.24) is 16.2 Å². The number of hydrogen-bond donors (Lipinski definition) is 4. The number of benzene rings is 1. The van der Waals surface area contributed by atoms with Crippen LogP contribution in [0.4, 0.5) is 0 Å². The smallest absolute Gasteiger partial charge is 0.303 e. The topological polar surface area (TPSA) is 188 Å². The predicted molar refractivity (Wildman–Crippen MR) is 126 cm³/mol. The number of ether oxygens (including phenoxy) is 5. The molecule has 1 amide bonds. The monoisotopic (exact) mass is 541 g/mol. The molecule has 0 spiro atoms. The fourth-order valence-corrected chi connectivity index (χ4v) is 3.52. The van der Waals surface area contributed by atoms with E-state index in [1.807, 2.05) is 0 Å². The molecule has 1 aliphatic rings. The third-order valence-corrected chi connectivity index (χ3v) is 4.92. The summed E-state index contributed by atoms with van der Waals surface area (Å²) in [5.74, 6) is -3.99. The Morgan fingerprint density at radius 3 is 2.00 bits per heavy atom. The van der Waals surface area contributed by atoms with Gasteiger partial charge < -0.3 is 34.1 Å². The molecule has 5 atom stereocenters. The Morgan fingerprint density at radius 1 is 0.865 bits per heavy atom. The molecule has 1 saturated heterocycles. The zero-order valence-electron chi connectivity index (χ0n) is 20.3. The molecule has 1 aliphatic heterocycles. The Balaban J connectivity index is 2.27. The van der Waals surface area contributed by atoms with Crippen molar-refractivity contribution >= 4 is 47.1 Å². The summed E-state index contributed by atoms with van der Waals surface area (Å²) in [5, 5.41) is 12.2. The number of hydrogen-bond acceptors (Lipinski definition) is 12. The minimum Gasteiger partial charge on any atom is -0.507 e. The van der Waals surface area contributed by atoms with Gasteiger partial charge in [-0.1, -0.05) is 12.1 Å². The highest BCUT2D eigenvalue weighted by Gasteiger charge is 2.52. The van der Waals surface area contributed by atoms with Gasteiger partial charge in [0.25, 0.3) is 5.91 Å². The van der Waals surface area contributed by atoms with Gasteiger partial charge in [-0.05, 0) is 24.4 Å². The number of phenolic OH excluding ortho intramolecular Hbond substituents is 1. The number of carbonyl (C=O) groups is 5. The average Bonchev–Trinajstić information content (AvgIpc) is 2.79. The predicted octanol–water partition coefficient (Wildman–Crippen LogP) is -0.416. The minimum atomic E-state index is -1.40. The fourth-order valence-electron chi connectivity index (χ4n) is 3.36. The number of amides is 1. The molecule has 15 heteroatoms. The van der Waals surface area contributed by atoms with Crippen LogP contribution in [0.25, 0.3) is 0 Å². The Morgan fingerprint density at radius 2 is 1.43 bits per heavy atom. The largest absolute Gasteiger partial charge is 0.507 e. The van der Waals surface area contributed by atoms with E-state index in [0.29, 0.717) is 0 Å². The first-order valence-corrected chi connectivity index (χ1v) is 11.2. The normalized spacial score (nSPS) is 22.5. The molecule has 1 fully saturated rings. The lowest BCUT2D eigenvalue weighted by Gasteiger charge is -2.44. The van der Waals surface area contributed by atoms with Crippen LogP contribution < -0.4 is 16.2 Å². The molecule has 1 aromatic carbocycles. The zero-order valence-corrected chi connectivity index (χ0v) is 21.2. The van der Waals surface area contributed by atoms with E-state index in [9.17, 15) is 29.1 Å². The number of carbonyl (C=O) groups excluding carboxylic acids is 5. The fraction of sp³-hybridized carbons (Fsp3) is 0.455. The highest BCUT2D eigenvalue weighted by molar-refractivity contribution is 7.80. The Kier molecular flexibility index (Phi) is 10.6. The first-order valence-electron chi connectivity index (χ1n) is 10.8. The molecule has 3 unspecified atom stereocenters. The van der Waals surface area contributed by atoms with Crippen LogP contribution in [0.1, 0.15) is 38.1 Å². The molecule has 37 heavy (non-hydrogen) atoms. The van der Waals surface area contributed by atoms with Gasteiger partial charge in [0.05, 0.1) is 5.56 Å². The molecule has 0 radical (unpaired) electrons. The molecule has 1 heterocycles. The van der Waals surface area contributed by atoms with E-state index in [4.69, 9.17) is 35.9 Å². The Hall–Kier alpha value is -3.98. The molecule has 0 bridgehead atoms. The number of esters is 4. The number of phenols is 1. The van der Waals surface area contributed by atoms with E-state index in [-0.39, 0.29) is 16.4 Å². The van der Waals surface area contributed by atoms with Gasteiger partial charge in [0, 0.05) is 27.7 Å². The van der Waals surface area contributed by atoms with E-state index in [0.717, 1.165) is 27.7 Å². The maximum Gasteiger partial charge on any atom is 0.303 e. The molecule has 1 aromatic rings. The molecule has 14 nitrogen and oxygen atoms in total. The highest BCUT2D eigenvalue weighted by atomic mass is 32.1. The summed E-state index contributed by atoms with van der Waals surface area (Å²) < 4.78 is 26.7. The number of nitrogens with one attached hydrogen (secondary N) is 3. The van der Waals surface area contributed by atoms with Crippen molar-refractivity contribution in [3.63, 3.8) is 0 Å². The summed E-state index contributed by atoms with van der Waals surface area (Å²) in [6.07, 6.45) is -6.63. The summed E-state index contributed by atoms with van der Waals surface area (Å²) in [7, 11) is 0. The lowest BCUT2D eigenvalue weighted by molar-refractivity contribution is -0.254. The Labute approximate surface area is 216 Å². The van der Waals surface area contributed by atoms with Gasteiger partial charge in [0.2, 0.25) is 0 Å². The van der Waals surface area contributed by atoms with Crippen LogP contribution >= 0.6 is 12.2 Å². The van der Waals surface area contributed by atoms with Gasteiger partial charge in [-0.25, -0.2) is 0 Å². The summed E-state index contributed by atoms with van der Waals surface area (Å²) in [5.41, 5.74) is 4.64. The van der Waals surface area contributed by atoms with Crippen molar-refractivity contribution < 1.29 is 52.8 Å². The number of para-hydroxylation sites is 1. The molecular weight excluding hydrogens is 514 g/mol. The second-order valence-corrected chi connectivity index (χ2v) is 8.10. The van der Waals surface area contributed by atoms with Crippen molar-refractivity contribution in [2.75, 3.05) is 6.61 Å². The van der Waals surface area contributed by atoms with E-state index in [2.05, 4.69) is 16.2 Å². The van der Waals surface area contributed by atoms with E-state index >= 15 is 0 Å². The lowest BCUT2D eigenvalue weighted by atomic mass is 9.97.